The van der Waals surface area contributed by atoms with Gasteiger partial charge >= 0.3 is 12.1 Å². The Morgan fingerprint density at radius 2 is 1.76 bits per heavy atom. The molecule has 7 nitrogen and oxygen atoms in total. The molecule has 0 aliphatic carbocycles. The molecule has 1 aromatic carbocycles. The lowest BCUT2D eigenvalue weighted by Gasteiger charge is -2.35. The first-order chi connectivity index (χ1) is 18.0. The Balaban J connectivity index is 2.51. The van der Waals surface area contributed by atoms with Crippen LogP contribution < -0.4 is 0 Å². The summed E-state index contributed by atoms with van der Waals surface area (Å²) in [6.45, 7) is 16.3. The number of benzene rings is 1. The Hall–Kier alpha value is -1.95. The van der Waals surface area contributed by atoms with Crippen LogP contribution in [-0.4, -0.2) is 60.0 Å². The fourth-order valence-corrected chi connectivity index (χ4v) is 9.58. The predicted octanol–water partition coefficient (Wildman–Crippen LogP) is 7.67. The van der Waals surface area contributed by atoms with E-state index in [1.54, 1.807) is 17.0 Å². The molecule has 0 N–H and O–H groups in total. The van der Waals surface area contributed by atoms with Crippen molar-refractivity contribution in [1.29, 1.82) is 0 Å². The largest absolute Gasteiger partial charge is 0.465 e. The van der Waals surface area contributed by atoms with Gasteiger partial charge in [-0.15, -0.1) is 0 Å². The van der Waals surface area contributed by atoms with Gasteiger partial charge in [0.15, 0.2) is 16.6 Å². The van der Waals surface area contributed by atoms with Gasteiger partial charge in [0.1, 0.15) is 6.61 Å². The molecule has 2 rings (SSSR count). The molecule has 38 heavy (non-hydrogen) atoms. The molecule has 1 heterocycles. The second-order valence-corrected chi connectivity index (χ2v) is 19.9. The van der Waals surface area contributed by atoms with Crippen molar-refractivity contribution in [2.24, 2.45) is 0 Å². The second-order valence-electron chi connectivity index (χ2n) is 10.9. The number of nitrogens with zero attached hydrogens (tertiary/aromatic N) is 1. The molecule has 9 heteroatoms. The highest BCUT2D eigenvalue weighted by Crippen LogP contribution is 2.37. The van der Waals surface area contributed by atoms with Gasteiger partial charge in [0.05, 0.1) is 24.8 Å². The van der Waals surface area contributed by atoms with Crippen LogP contribution in [0.4, 0.5) is 4.79 Å². The number of unbranched alkanes of at least 4 members (excludes halogenated alkanes) is 1. The Morgan fingerprint density at radius 1 is 1.13 bits per heavy atom. The summed E-state index contributed by atoms with van der Waals surface area (Å²) in [5, 5.41) is 0. The van der Waals surface area contributed by atoms with Crippen LogP contribution in [0.3, 0.4) is 0 Å². The zero-order chi connectivity index (χ0) is 28.3. The summed E-state index contributed by atoms with van der Waals surface area (Å²) in [4.78, 5) is 26.4. The molecule has 0 aromatic heterocycles. The number of rotatable bonds is 16. The average Bonchev–Trinajstić information content (AvgIpc) is 3.24. The van der Waals surface area contributed by atoms with Crippen molar-refractivity contribution in [2.45, 2.75) is 103 Å². The number of esters is 1. The maximum atomic E-state index is 12.6. The van der Waals surface area contributed by atoms with Crippen molar-refractivity contribution in [3.63, 3.8) is 0 Å². The highest BCUT2D eigenvalue weighted by molar-refractivity contribution is 6.73. The van der Waals surface area contributed by atoms with Crippen LogP contribution in [0.5, 0.6) is 0 Å². The number of cyclic esters (lactones) is 1. The third-order valence-electron chi connectivity index (χ3n) is 7.73. The maximum Gasteiger partial charge on any atom is 0.414 e. The minimum atomic E-state index is -2.05. The number of carbonyl (C=O) groups excluding carboxylic acids is 2. The van der Waals surface area contributed by atoms with Crippen molar-refractivity contribution in [1.82, 2.24) is 4.90 Å². The third-order valence-corrected chi connectivity index (χ3v) is 14.9. The molecule has 1 saturated heterocycles. The molecular formula is C29H49NO6Si2. The van der Waals surface area contributed by atoms with E-state index in [0.717, 1.165) is 41.7 Å². The monoisotopic (exact) mass is 563 g/mol. The summed E-state index contributed by atoms with van der Waals surface area (Å²) in [5.74, 6) is -0.370. The van der Waals surface area contributed by atoms with Crippen molar-refractivity contribution in [3.8, 4) is 0 Å². The lowest BCUT2D eigenvalue weighted by Crippen LogP contribution is -2.38. The molecule has 1 aromatic rings. The quantitative estimate of drug-likeness (QED) is 0.152. The van der Waals surface area contributed by atoms with Gasteiger partial charge in [0.25, 0.3) is 0 Å². The van der Waals surface area contributed by atoms with Crippen LogP contribution in [0.1, 0.15) is 75.9 Å². The molecule has 0 bridgehead atoms. The van der Waals surface area contributed by atoms with Crippen LogP contribution in [0.15, 0.2) is 36.0 Å². The van der Waals surface area contributed by atoms with Crippen LogP contribution in [0.2, 0.25) is 37.3 Å². The number of ether oxygens (including phenoxy) is 2. The summed E-state index contributed by atoms with van der Waals surface area (Å²) >= 11 is 0. The number of methoxy groups -OCH3 is 1. The summed E-state index contributed by atoms with van der Waals surface area (Å²) < 4.78 is 23.8. The van der Waals surface area contributed by atoms with Crippen LogP contribution >= 0.6 is 0 Å². The molecule has 0 unspecified atom stereocenters. The SMILES string of the molecule is CCCC[Si](C)(C)OCC/C(=C\N1C(=O)OC[C@@H]1C)[C@@H](O[Si](CC)(CC)CC)c1ccc(C(=O)OC)cc1. The van der Waals surface area contributed by atoms with Crippen molar-refractivity contribution in [2.75, 3.05) is 20.3 Å². The predicted molar refractivity (Wildman–Crippen MR) is 157 cm³/mol. The van der Waals surface area contributed by atoms with Crippen molar-refractivity contribution >= 4 is 28.7 Å². The number of carbonyl (C=O) groups is 2. The highest BCUT2D eigenvalue weighted by atomic mass is 28.4. The zero-order valence-electron chi connectivity index (χ0n) is 24.8. The molecule has 1 aliphatic heterocycles. The molecule has 214 valence electrons. The molecule has 1 amide bonds. The highest BCUT2D eigenvalue weighted by Gasteiger charge is 2.36. The Kier molecular flexibility index (Phi) is 12.7. The van der Waals surface area contributed by atoms with Gasteiger partial charge in [-0.25, -0.2) is 9.59 Å². The lowest BCUT2D eigenvalue weighted by molar-refractivity contribution is 0.0600. The minimum absolute atomic E-state index is 0.0540. The normalized spacial score (nSPS) is 17.5. The third kappa shape index (κ3) is 8.79. The fourth-order valence-electron chi connectivity index (χ4n) is 4.79. The van der Waals surface area contributed by atoms with Crippen LogP contribution in [0.25, 0.3) is 0 Å². The second kappa shape index (κ2) is 15.0. The molecule has 1 fully saturated rings. The van der Waals surface area contributed by atoms with E-state index in [0.29, 0.717) is 25.2 Å². The Labute approximate surface area is 232 Å². The molecule has 0 saturated carbocycles. The van der Waals surface area contributed by atoms with E-state index in [2.05, 4.69) is 40.8 Å². The zero-order valence-corrected chi connectivity index (χ0v) is 26.8. The van der Waals surface area contributed by atoms with Gasteiger partial charge in [-0.05, 0) is 73.9 Å². The van der Waals surface area contributed by atoms with Gasteiger partial charge in [0.2, 0.25) is 0 Å². The first kappa shape index (κ1) is 32.3. The van der Waals surface area contributed by atoms with Crippen LogP contribution in [-0.2, 0) is 18.3 Å². The fraction of sp³-hybridized carbons (Fsp3) is 0.655. The Morgan fingerprint density at radius 3 is 2.26 bits per heavy atom. The van der Waals surface area contributed by atoms with Crippen molar-refractivity contribution < 1.29 is 27.9 Å². The minimum Gasteiger partial charge on any atom is -0.465 e. The van der Waals surface area contributed by atoms with Crippen molar-refractivity contribution in [3.05, 3.63) is 47.2 Å². The van der Waals surface area contributed by atoms with E-state index in [1.165, 1.54) is 13.5 Å². The smallest absolute Gasteiger partial charge is 0.414 e. The van der Waals surface area contributed by atoms with E-state index in [9.17, 15) is 9.59 Å². The summed E-state index contributed by atoms with van der Waals surface area (Å²) in [5.41, 5.74) is 2.45. The van der Waals surface area contributed by atoms with E-state index >= 15 is 0 Å². The standard InChI is InChI=1S/C29H49NO6Si2/c1-9-13-20-37(7,8)35-19-18-26(21-30-23(5)22-34-29(30)32)27(36-38(10-2,11-3)12-4)24-14-16-25(17-15-24)28(31)33-6/h14-17,21,23,27H,9-13,18-20,22H2,1-8H3/b26-21+/t23-,27-/m0/s1. The summed E-state index contributed by atoms with van der Waals surface area (Å²) in [6, 6.07) is 11.5. The first-order valence-corrected chi connectivity index (χ1v) is 19.9. The first-order valence-electron chi connectivity index (χ1n) is 14.2. The number of hydrogen-bond acceptors (Lipinski definition) is 6. The average molecular weight is 564 g/mol. The Bertz CT molecular complexity index is 921. The van der Waals surface area contributed by atoms with E-state index in [4.69, 9.17) is 18.3 Å². The molecule has 2 atom stereocenters. The molecule has 0 radical (unpaired) electrons. The molecule has 0 spiro atoms. The summed E-state index contributed by atoms with van der Waals surface area (Å²) in [6.07, 6.45) is 4.23. The van der Waals surface area contributed by atoms with Gasteiger partial charge in [-0.3, -0.25) is 4.90 Å². The van der Waals surface area contributed by atoms with E-state index < -0.39 is 16.6 Å². The summed E-state index contributed by atoms with van der Waals surface area (Å²) in [7, 11) is -2.45. The number of amides is 1. The topological polar surface area (TPSA) is 74.3 Å². The van der Waals surface area contributed by atoms with E-state index in [-0.39, 0.29) is 24.2 Å². The van der Waals surface area contributed by atoms with Gasteiger partial charge in [-0.2, -0.15) is 0 Å². The van der Waals surface area contributed by atoms with Gasteiger partial charge in [0, 0.05) is 12.8 Å². The lowest BCUT2D eigenvalue weighted by atomic mass is 9.98. The van der Waals surface area contributed by atoms with Crippen LogP contribution in [0, 0.1) is 0 Å². The number of hydrogen-bond donors (Lipinski definition) is 0. The van der Waals surface area contributed by atoms with Gasteiger partial charge < -0.3 is 18.3 Å². The van der Waals surface area contributed by atoms with Gasteiger partial charge in [-0.1, -0.05) is 52.7 Å². The van der Waals surface area contributed by atoms with E-state index in [1.807, 2.05) is 25.3 Å². The maximum absolute atomic E-state index is 12.6. The molecule has 1 aliphatic rings. The molecular weight excluding hydrogens is 514 g/mol.